The third-order valence-corrected chi connectivity index (χ3v) is 3.25. The van der Waals surface area contributed by atoms with Gasteiger partial charge in [-0.2, -0.15) is 0 Å². The standard InChI is InChI=1S/C16H16N2O4/c1-17(11-12-3-7-14(8-4-12)18(20)21)16(19)13-5-9-15(22-2)10-6-13/h3-10H,11H2,1-2H3. The highest BCUT2D eigenvalue weighted by Gasteiger charge is 2.13. The predicted molar refractivity (Wildman–Crippen MR) is 81.9 cm³/mol. The Labute approximate surface area is 128 Å². The second kappa shape index (κ2) is 6.71. The van der Waals surface area contributed by atoms with E-state index in [0.717, 1.165) is 5.56 Å². The van der Waals surface area contributed by atoms with Crippen molar-refractivity contribution in [1.29, 1.82) is 0 Å². The molecule has 2 aromatic carbocycles. The number of benzene rings is 2. The van der Waals surface area contributed by atoms with Crippen LogP contribution in [0.25, 0.3) is 0 Å². The molecule has 0 saturated heterocycles. The molecule has 0 spiro atoms. The third kappa shape index (κ3) is 3.60. The van der Waals surface area contributed by atoms with Gasteiger partial charge in [0.05, 0.1) is 12.0 Å². The van der Waals surface area contributed by atoms with E-state index in [1.807, 2.05) is 0 Å². The molecule has 1 amide bonds. The van der Waals surface area contributed by atoms with Crippen LogP contribution in [0.4, 0.5) is 5.69 Å². The molecule has 2 rings (SSSR count). The molecule has 0 fully saturated rings. The minimum atomic E-state index is -0.448. The zero-order chi connectivity index (χ0) is 16.1. The Morgan fingerprint density at radius 3 is 2.23 bits per heavy atom. The van der Waals surface area contributed by atoms with Crippen LogP contribution in [0.1, 0.15) is 15.9 Å². The Bertz CT molecular complexity index is 666. The molecule has 6 heteroatoms. The van der Waals surface area contributed by atoms with Gasteiger partial charge in [0, 0.05) is 31.3 Å². The van der Waals surface area contributed by atoms with Gasteiger partial charge in [0.15, 0.2) is 0 Å². The van der Waals surface area contributed by atoms with E-state index < -0.39 is 4.92 Å². The second-order valence-electron chi connectivity index (χ2n) is 4.81. The third-order valence-electron chi connectivity index (χ3n) is 3.25. The molecule has 0 radical (unpaired) electrons. The molecule has 0 heterocycles. The summed E-state index contributed by atoms with van der Waals surface area (Å²) in [5.41, 5.74) is 1.42. The molecule has 0 saturated carbocycles. The first-order chi connectivity index (χ1) is 10.5. The van der Waals surface area contributed by atoms with Gasteiger partial charge in [-0.05, 0) is 29.8 Å². The first kappa shape index (κ1) is 15.5. The Morgan fingerprint density at radius 2 is 1.73 bits per heavy atom. The van der Waals surface area contributed by atoms with Gasteiger partial charge in [0.25, 0.3) is 11.6 Å². The molecule has 0 atom stereocenters. The number of non-ortho nitro benzene ring substituents is 1. The van der Waals surface area contributed by atoms with E-state index in [2.05, 4.69) is 0 Å². The molecule has 0 aliphatic carbocycles. The predicted octanol–water partition coefficient (Wildman–Crippen LogP) is 2.88. The zero-order valence-electron chi connectivity index (χ0n) is 12.4. The van der Waals surface area contributed by atoms with Gasteiger partial charge in [-0.3, -0.25) is 14.9 Å². The maximum atomic E-state index is 12.3. The summed E-state index contributed by atoms with van der Waals surface area (Å²) in [5.74, 6) is 0.565. The van der Waals surface area contributed by atoms with Gasteiger partial charge in [-0.25, -0.2) is 0 Å². The lowest BCUT2D eigenvalue weighted by Gasteiger charge is -2.17. The van der Waals surface area contributed by atoms with Crippen LogP contribution < -0.4 is 4.74 Å². The van der Waals surface area contributed by atoms with Crippen molar-refractivity contribution in [3.63, 3.8) is 0 Å². The molecule has 0 aliphatic rings. The van der Waals surface area contributed by atoms with Crippen LogP contribution in [0, 0.1) is 10.1 Å². The fraction of sp³-hybridized carbons (Fsp3) is 0.188. The summed E-state index contributed by atoms with van der Waals surface area (Å²) < 4.78 is 5.06. The highest BCUT2D eigenvalue weighted by molar-refractivity contribution is 5.94. The van der Waals surface area contributed by atoms with Crippen LogP contribution in [0.2, 0.25) is 0 Å². The molecule has 22 heavy (non-hydrogen) atoms. The Balaban J connectivity index is 2.05. The summed E-state index contributed by atoms with van der Waals surface area (Å²) in [6.07, 6.45) is 0. The molecule has 0 bridgehead atoms. The molecule has 2 aromatic rings. The van der Waals surface area contributed by atoms with Crippen LogP contribution in [0.5, 0.6) is 5.75 Å². The largest absolute Gasteiger partial charge is 0.497 e. The van der Waals surface area contributed by atoms with E-state index >= 15 is 0 Å². The molecule has 0 N–H and O–H groups in total. The van der Waals surface area contributed by atoms with Crippen molar-refractivity contribution >= 4 is 11.6 Å². The number of hydrogen-bond acceptors (Lipinski definition) is 4. The minimum absolute atomic E-state index is 0.0351. The SMILES string of the molecule is COc1ccc(C(=O)N(C)Cc2ccc([N+](=O)[O-])cc2)cc1. The maximum Gasteiger partial charge on any atom is 0.269 e. The average Bonchev–Trinajstić information content (AvgIpc) is 2.54. The smallest absolute Gasteiger partial charge is 0.269 e. The Hall–Kier alpha value is -2.89. The lowest BCUT2D eigenvalue weighted by Crippen LogP contribution is -2.26. The molecule has 0 aliphatic heterocycles. The van der Waals surface area contributed by atoms with Gasteiger partial charge in [0.1, 0.15) is 5.75 Å². The maximum absolute atomic E-state index is 12.3. The summed E-state index contributed by atoms with van der Waals surface area (Å²) in [7, 11) is 3.26. The number of amides is 1. The van der Waals surface area contributed by atoms with E-state index in [4.69, 9.17) is 4.74 Å². The number of nitrogens with zero attached hydrogens (tertiary/aromatic N) is 2. The van der Waals surface area contributed by atoms with Crippen LogP contribution in [-0.2, 0) is 6.54 Å². The fourth-order valence-electron chi connectivity index (χ4n) is 2.02. The number of carbonyl (C=O) groups excluding carboxylic acids is 1. The van der Waals surface area contributed by atoms with Crippen molar-refractivity contribution in [3.05, 3.63) is 69.8 Å². The van der Waals surface area contributed by atoms with Crippen molar-refractivity contribution in [2.45, 2.75) is 6.54 Å². The highest BCUT2D eigenvalue weighted by Crippen LogP contribution is 2.16. The lowest BCUT2D eigenvalue weighted by molar-refractivity contribution is -0.384. The number of carbonyl (C=O) groups is 1. The summed E-state index contributed by atoms with van der Waals surface area (Å²) in [6.45, 7) is 0.378. The summed E-state index contributed by atoms with van der Waals surface area (Å²) >= 11 is 0. The normalized spacial score (nSPS) is 10.1. The molecule has 0 unspecified atom stereocenters. The monoisotopic (exact) mass is 300 g/mol. The molecular weight excluding hydrogens is 284 g/mol. The van der Waals surface area contributed by atoms with Gasteiger partial charge >= 0.3 is 0 Å². The number of ether oxygens (including phenoxy) is 1. The van der Waals surface area contributed by atoms with Crippen LogP contribution in [-0.4, -0.2) is 29.9 Å². The first-order valence-corrected chi connectivity index (χ1v) is 6.64. The fourth-order valence-corrected chi connectivity index (χ4v) is 2.02. The first-order valence-electron chi connectivity index (χ1n) is 6.64. The number of hydrogen-bond donors (Lipinski definition) is 0. The van der Waals surface area contributed by atoms with Gasteiger partial charge < -0.3 is 9.64 Å². The van der Waals surface area contributed by atoms with Crippen molar-refractivity contribution in [2.75, 3.05) is 14.2 Å². The Morgan fingerprint density at radius 1 is 1.14 bits per heavy atom. The van der Waals surface area contributed by atoms with Crippen molar-refractivity contribution in [3.8, 4) is 5.75 Å². The second-order valence-corrected chi connectivity index (χ2v) is 4.81. The molecule has 6 nitrogen and oxygen atoms in total. The summed E-state index contributed by atoms with van der Waals surface area (Å²) in [6, 6.07) is 13.0. The van der Waals surface area contributed by atoms with Crippen LogP contribution in [0.15, 0.2) is 48.5 Å². The van der Waals surface area contributed by atoms with Crippen molar-refractivity contribution in [2.24, 2.45) is 0 Å². The quantitative estimate of drug-likeness (QED) is 0.628. The van der Waals surface area contributed by atoms with Gasteiger partial charge in [-0.15, -0.1) is 0 Å². The number of rotatable bonds is 5. The number of nitro benzene ring substituents is 1. The minimum Gasteiger partial charge on any atom is -0.497 e. The lowest BCUT2D eigenvalue weighted by atomic mass is 10.1. The van der Waals surface area contributed by atoms with Gasteiger partial charge in [-0.1, -0.05) is 12.1 Å². The van der Waals surface area contributed by atoms with E-state index in [0.29, 0.717) is 17.9 Å². The molecule has 0 aromatic heterocycles. The number of methoxy groups -OCH3 is 1. The van der Waals surface area contributed by atoms with E-state index in [1.54, 1.807) is 55.5 Å². The van der Waals surface area contributed by atoms with E-state index in [-0.39, 0.29) is 11.6 Å². The van der Waals surface area contributed by atoms with Crippen molar-refractivity contribution in [1.82, 2.24) is 4.90 Å². The zero-order valence-corrected chi connectivity index (χ0v) is 12.4. The van der Waals surface area contributed by atoms with E-state index in [9.17, 15) is 14.9 Å². The highest BCUT2D eigenvalue weighted by atomic mass is 16.6. The van der Waals surface area contributed by atoms with E-state index in [1.165, 1.54) is 12.1 Å². The molecule has 114 valence electrons. The molecular formula is C16H16N2O4. The average molecular weight is 300 g/mol. The summed E-state index contributed by atoms with van der Waals surface area (Å²) in [5, 5.41) is 10.6. The topological polar surface area (TPSA) is 72.7 Å². The van der Waals surface area contributed by atoms with Gasteiger partial charge in [0.2, 0.25) is 0 Å². The Kier molecular flexibility index (Phi) is 4.73. The number of nitro groups is 1. The summed E-state index contributed by atoms with van der Waals surface area (Å²) in [4.78, 5) is 24.0. The van der Waals surface area contributed by atoms with Crippen molar-refractivity contribution < 1.29 is 14.5 Å². The van der Waals surface area contributed by atoms with Crippen LogP contribution >= 0.6 is 0 Å². The van der Waals surface area contributed by atoms with Crippen LogP contribution in [0.3, 0.4) is 0 Å².